The summed E-state index contributed by atoms with van der Waals surface area (Å²) in [7, 11) is 0. The highest BCUT2D eigenvalue weighted by Gasteiger charge is 2.11. The molecule has 1 aromatic carbocycles. The van der Waals surface area contributed by atoms with Crippen molar-refractivity contribution in [1.82, 2.24) is 10.3 Å². The van der Waals surface area contributed by atoms with Gasteiger partial charge in [0.15, 0.2) is 0 Å². The third-order valence-electron chi connectivity index (χ3n) is 2.16. The van der Waals surface area contributed by atoms with Gasteiger partial charge in [0.1, 0.15) is 5.69 Å². The first kappa shape index (κ1) is 10.8. The zero-order chi connectivity index (χ0) is 12.3. The summed E-state index contributed by atoms with van der Waals surface area (Å²) in [6.07, 6.45) is 0. The molecule has 0 aliphatic carbocycles. The Kier molecular flexibility index (Phi) is 2.83. The summed E-state index contributed by atoms with van der Waals surface area (Å²) in [6.45, 7) is 1.67. The van der Waals surface area contributed by atoms with Crippen molar-refractivity contribution in [3.05, 3.63) is 41.1 Å². The van der Waals surface area contributed by atoms with Crippen LogP contribution in [-0.2, 0) is 0 Å². The maximum atomic E-state index is 11.8. The topological polar surface area (TPSA) is 91.8 Å². The predicted molar refractivity (Wildman–Crippen MR) is 58.1 cm³/mol. The molecule has 0 unspecified atom stereocenters. The number of anilines is 1. The lowest BCUT2D eigenvalue weighted by Gasteiger charge is -2.01. The van der Waals surface area contributed by atoms with E-state index in [0.717, 1.165) is 0 Å². The molecule has 1 amide bonds. The van der Waals surface area contributed by atoms with Gasteiger partial charge in [-0.1, -0.05) is 5.16 Å². The van der Waals surface area contributed by atoms with E-state index < -0.39 is 0 Å². The van der Waals surface area contributed by atoms with Crippen LogP contribution in [0, 0.1) is 18.3 Å². The lowest BCUT2D eigenvalue weighted by atomic mass is 10.1. The fraction of sp³-hybridized carbons (Fsp3) is 0.0909. The van der Waals surface area contributed by atoms with E-state index >= 15 is 0 Å². The van der Waals surface area contributed by atoms with Crippen molar-refractivity contribution in [2.75, 3.05) is 5.32 Å². The summed E-state index contributed by atoms with van der Waals surface area (Å²) in [5.41, 5.74) is 1.44. The fourth-order valence-corrected chi connectivity index (χ4v) is 1.22. The average Bonchev–Trinajstić information content (AvgIpc) is 2.75. The Morgan fingerprint density at radius 1 is 1.35 bits per heavy atom. The summed E-state index contributed by atoms with van der Waals surface area (Å²) >= 11 is 0. The number of nitriles is 1. The van der Waals surface area contributed by atoms with Gasteiger partial charge in [0.05, 0.1) is 11.6 Å². The Bertz CT molecular complexity index is 580. The molecule has 2 aromatic rings. The summed E-state index contributed by atoms with van der Waals surface area (Å²) in [4.78, 5) is 11.8. The lowest BCUT2D eigenvalue weighted by Crippen LogP contribution is -2.12. The van der Waals surface area contributed by atoms with Gasteiger partial charge in [-0.3, -0.25) is 4.79 Å². The van der Waals surface area contributed by atoms with Crippen LogP contribution in [0.4, 0.5) is 5.82 Å². The highest BCUT2D eigenvalue weighted by atomic mass is 16.6. The van der Waals surface area contributed by atoms with Crippen molar-refractivity contribution < 1.29 is 9.42 Å². The number of amides is 1. The van der Waals surface area contributed by atoms with Gasteiger partial charge in [0.2, 0.25) is 5.82 Å². The normalized spacial score (nSPS) is 9.65. The highest BCUT2D eigenvalue weighted by molar-refractivity contribution is 6.03. The number of hydrogen-bond acceptors (Lipinski definition) is 5. The fourth-order valence-electron chi connectivity index (χ4n) is 1.22. The molecule has 6 nitrogen and oxygen atoms in total. The molecule has 0 spiro atoms. The van der Waals surface area contributed by atoms with Crippen LogP contribution >= 0.6 is 0 Å². The van der Waals surface area contributed by atoms with E-state index in [0.29, 0.717) is 22.6 Å². The van der Waals surface area contributed by atoms with Gasteiger partial charge < -0.3 is 5.32 Å². The first-order valence-corrected chi connectivity index (χ1v) is 4.81. The monoisotopic (exact) mass is 228 g/mol. The molecule has 1 N–H and O–H groups in total. The van der Waals surface area contributed by atoms with Crippen molar-refractivity contribution in [1.29, 1.82) is 5.26 Å². The number of carbonyl (C=O) groups is 1. The number of carbonyl (C=O) groups excluding carboxylic acids is 1. The van der Waals surface area contributed by atoms with E-state index in [9.17, 15) is 4.79 Å². The maximum Gasteiger partial charge on any atom is 0.256 e. The number of rotatable bonds is 2. The number of aryl methyl sites for hydroxylation is 1. The van der Waals surface area contributed by atoms with E-state index in [1.807, 2.05) is 6.07 Å². The number of benzene rings is 1. The molecule has 84 valence electrons. The quantitative estimate of drug-likeness (QED) is 0.840. The van der Waals surface area contributed by atoms with Crippen molar-refractivity contribution in [3.8, 4) is 6.07 Å². The Hall–Kier alpha value is -2.68. The van der Waals surface area contributed by atoms with Gasteiger partial charge in [-0.15, -0.1) is 0 Å². The molecule has 0 fully saturated rings. The van der Waals surface area contributed by atoms with Crippen LogP contribution in [0.3, 0.4) is 0 Å². The Morgan fingerprint density at radius 3 is 2.59 bits per heavy atom. The van der Waals surface area contributed by atoms with Gasteiger partial charge >= 0.3 is 0 Å². The van der Waals surface area contributed by atoms with E-state index in [1.165, 1.54) is 0 Å². The molecule has 6 heteroatoms. The molecular weight excluding hydrogens is 220 g/mol. The minimum atomic E-state index is -0.326. The second-order valence-electron chi connectivity index (χ2n) is 3.34. The smallest absolute Gasteiger partial charge is 0.256 e. The third-order valence-corrected chi connectivity index (χ3v) is 2.16. The molecular formula is C11H8N4O2. The zero-order valence-corrected chi connectivity index (χ0v) is 8.97. The Labute approximate surface area is 96.8 Å². The molecule has 0 atom stereocenters. The Balaban J connectivity index is 2.15. The van der Waals surface area contributed by atoms with E-state index in [2.05, 4.69) is 20.3 Å². The van der Waals surface area contributed by atoms with Crippen molar-refractivity contribution in [3.63, 3.8) is 0 Å². The zero-order valence-electron chi connectivity index (χ0n) is 8.97. The van der Waals surface area contributed by atoms with E-state index in [1.54, 1.807) is 31.2 Å². The molecule has 0 radical (unpaired) electrons. The van der Waals surface area contributed by atoms with Crippen molar-refractivity contribution in [2.45, 2.75) is 6.92 Å². The molecule has 0 saturated carbocycles. The minimum Gasteiger partial charge on any atom is -0.302 e. The number of hydrogen-bond donors (Lipinski definition) is 1. The predicted octanol–water partition coefficient (Wildman–Crippen LogP) is 1.50. The molecule has 17 heavy (non-hydrogen) atoms. The van der Waals surface area contributed by atoms with Crippen molar-refractivity contribution in [2.24, 2.45) is 0 Å². The minimum absolute atomic E-state index is 0.291. The molecule has 0 bridgehead atoms. The van der Waals surface area contributed by atoms with Crippen LogP contribution in [0.15, 0.2) is 28.9 Å². The van der Waals surface area contributed by atoms with Crippen LogP contribution < -0.4 is 5.32 Å². The van der Waals surface area contributed by atoms with Gasteiger partial charge in [0, 0.05) is 5.56 Å². The summed E-state index contributed by atoms with van der Waals surface area (Å²) < 4.78 is 4.46. The van der Waals surface area contributed by atoms with Gasteiger partial charge in [-0.05, 0) is 36.3 Å². The molecule has 1 heterocycles. The third kappa shape index (κ3) is 2.29. The van der Waals surface area contributed by atoms with E-state index in [-0.39, 0.29) is 5.91 Å². The number of aromatic nitrogens is 2. The second kappa shape index (κ2) is 4.45. The summed E-state index contributed by atoms with van der Waals surface area (Å²) in [6, 6.07) is 8.26. The molecule has 0 aliphatic heterocycles. The van der Waals surface area contributed by atoms with E-state index in [4.69, 9.17) is 5.26 Å². The molecule has 0 aliphatic rings. The van der Waals surface area contributed by atoms with Crippen LogP contribution in [0.1, 0.15) is 21.6 Å². The first-order chi connectivity index (χ1) is 8.20. The molecule has 0 saturated heterocycles. The number of nitrogens with one attached hydrogen (secondary N) is 1. The number of nitrogens with zero attached hydrogens (tertiary/aromatic N) is 3. The lowest BCUT2D eigenvalue weighted by molar-refractivity contribution is 0.102. The highest BCUT2D eigenvalue weighted by Crippen LogP contribution is 2.10. The van der Waals surface area contributed by atoms with Crippen LogP contribution in [0.5, 0.6) is 0 Å². The van der Waals surface area contributed by atoms with Gasteiger partial charge in [-0.25, -0.2) is 4.63 Å². The van der Waals surface area contributed by atoms with Gasteiger partial charge in [-0.2, -0.15) is 5.26 Å². The van der Waals surface area contributed by atoms with Crippen LogP contribution in [0.2, 0.25) is 0 Å². The van der Waals surface area contributed by atoms with Gasteiger partial charge in [0.25, 0.3) is 5.91 Å². The Morgan fingerprint density at radius 2 is 2.06 bits per heavy atom. The first-order valence-electron chi connectivity index (χ1n) is 4.81. The standard InChI is InChI=1S/C11H8N4O2/c1-7-10(15-17-14-7)13-11(16)9-4-2-8(6-12)3-5-9/h2-5H,1H3,(H,13,15,16). The largest absolute Gasteiger partial charge is 0.302 e. The van der Waals surface area contributed by atoms with Crippen molar-refractivity contribution >= 4 is 11.7 Å². The van der Waals surface area contributed by atoms with Crippen LogP contribution in [-0.4, -0.2) is 16.2 Å². The SMILES string of the molecule is Cc1nonc1NC(=O)c1ccc(C#N)cc1. The van der Waals surface area contributed by atoms with Crippen LogP contribution in [0.25, 0.3) is 0 Å². The molecule has 1 aromatic heterocycles. The maximum absolute atomic E-state index is 11.8. The molecule has 2 rings (SSSR count). The summed E-state index contributed by atoms with van der Waals surface area (Å²) in [5, 5.41) is 18.3. The average molecular weight is 228 g/mol. The second-order valence-corrected chi connectivity index (χ2v) is 3.34. The summed E-state index contributed by atoms with van der Waals surface area (Å²) in [5.74, 6) is -0.0346.